The van der Waals surface area contributed by atoms with Crippen molar-refractivity contribution >= 4 is 68.4 Å². The maximum Gasteiger partial charge on any atom is 0.290 e. The van der Waals surface area contributed by atoms with Crippen molar-refractivity contribution in [3.63, 3.8) is 0 Å². The molecule has 2 saturated carbocycles. The van der Waals surface area contributed by atoms with Crippen LogP contribution in [0.15, 0.2) is 108 Å². The predicted octanol–water partition coefficient (Wildman–Crippen LogP) is 10.5. The van der Waals surface area contributed by atoms with E-state index in [1.807, 2.05) is 12.1 Å². The van der Waals surface area contributed by atoms with E-state index in [0.717, 1.165) is 63.6 Å². The number of nitro benzene ring substituents is 3. The van der Waals surface area contributed by atoms with Gasteiger partial charge in [0.2, 0.25) is 0 Å². The summed E-state index contributed by atoms with van der Waals surface area (Å²) in [5, 5.41) is 37.1. The fourth-order valence-electron chi connectivity index (χ4n) is 8.25. The molecule has 1 N–H and O–H groups in total. The first-order valence-corrected chi connectivity index (χ1v) is 21.8. The smallest absolute Gasteiger partial charge is 0.290 e. The number of hydrogen-bond donors (Lipinski definition) is 1. The van der Waals surface area contributed by atoms with Gasteiger partial charge in [-0.1, -0.05) is 123 Å². The third-order valence-electron chi connectivity index (χ3n) is 11.2. The van der Waals surface area contributed by atoms with Crippen LogP contribution in [-0.2, 0) is 0 Å². The summed E-state index contributed by atoms with van der Waals surface area (Å²) in [6.07, 6.45) is 11.7. The molecule has 59 heavy (non-hydrogen) atoms. The number of hydrogen-bond acceptors (Lipinski definition) is 10. The highest BCUT2D eigenvalue weighted by molar-refractivity contribution is 8.23. The van der Waals surface area contributed by atoms with Gasteiger partial charge < -0.3 is 15.1 Å². The Hall–Kier alpha value is -5.03. The standard InChI is InChI=1S/C24H24N4O2S.C19H25N3O4S2/c29-28(30)22-13-11-21(12-14-22)25-24(31)27-17-15-26(16-18-27)23(19-7-3-1-4-8-19)20-9-5-2-6-10-20;23-21(24)16-11-12-18(17(13-16)22(25)26)28-19(27)20(14-7-3-1-4-8-14)15-9-5-2-6-10-15/h1-14,23H,15-18H2,(H,25,31);11-15H,1-10H2. The molecule has 0 unspecified atom stereocenters. The second-order valence-corrected chi connectivity index (χ2v) is 17.1. The summed E-state index contributed by atoms with van der Waals surface area (Å²) in [7, 11) is 0. The van der Waals surface area contributed by atoms with Crippen molar-refractivity contribution in [2.45, 2.75) is 87.2 Å². The Bertz CT molecular complexity index is 2000. The largest absolute Gasteiger partial charge is 0.351 e. The van der Waals surface area contributed by atoms with Gasteiger partial charge in [0.1, 0.15) is 4.32 Å². The SMILES string of the molecule is O=[N+]([O-])c1ccc(NC(=S)N2CCN(C(c3ccccc3)c3ccccc3)CC2)cc1.O=[N+]([O-])c1ccc(SC(=S)N(C2CCCCC2)C2CCCCC2)c([N+](=O)[O-])c1. The van der Waals surface area contributed by atoms with E-state index in [0.29, 0.717) is 26.4 Å². The number of thiocarbonyl (C=S) groups is 2. The highest BCUT2D eigenvalue weighted by Crippen LogP contribution is 2.38. The Labute approximate surface area is 359 Å². The van der Waals surface area contributed by atoms with Crippen molar-refractivity contribution < 1.29 is 14.8 Å². The summed E-state index contributed by atoms with van der Waals surface area (Å²) in [5.74, 6) is 0. The molecule has 4 aromatic rings. The number of rotatable bonds is 10. The van der Waals surface area contributed by atoms with Crippen molar-refractivity contribution in [3.05, 3.63) is 145 Å². The van der Waals surface area contributed by atoms with Gasteiger partial charge in [-0.05, 0) is 67.2 Å². The Morgan fingerprint density at radius 1 is 0.644 bits per heavy atom. The van der Waals surface area contributed by atoms with Crippen LogP contribution >= 0.6 is 36.2 Å². The predicted molar refractivity (Wildman–Crippen MR) is 241 cm³/mol. The maximum atomic E-state index is 11.5. The van der Waals surface area contributed by atoms with E-state index in [-0.39, 0.29) is 23.1 Å². The number of piperazine rings is 1. The zero-order chi connectivity index (χ0) is 41.7. The summed E-state index contributed by atoms with van der Waals surface area (Å²) < 4.78 is 0.663. The minimum atomic E-state index is -0.615. The number of anilines is 1. The van der Waals surface area contributed by atoms with Crippen molar-refractivity contribution in [1.82, 2.24) is 14.7 Å². The molecule has 4 aromatic carbocycles. The van der Waals surface area contributed by atoms with E-state index in [4.69, 9.17) is 24.4 Å². The van der Waals surface area contributed by atoms with Gasteiger partial charge in [-0.25, -0.2) is 0 Å². The highest BCUT2D eigenvalue weighted by atomic mass is 32.2. The lowest BCUT2D eigenvalue weighted by Gasteiger charge is -2.43. The van der Waals surface area contributed by atoms with Crippen molar-refractivity contribution in [3.8, 4) is 0 Å². The van der Waals surface area contributed by atoms with Crippen molar-refractivity contribution in [2.75, 3.05) is 31.5 Å². The third-order valence-corrected chi connectivity index (χ3v) is 13.0. The van der Waals surface area contributed by atoms with Gasteiger partial charge >= 0.3 is 0 Å². The molecule has 7 rings (SSSR count). The average Bonchev–Trinajstić information content (AvgIpc) is 3.26. The van der Waals surface area contributed by atoms with E-state index >= 15 is 0 Å². The van der Waals surface area contributed by atoms with Crippen molar-refractivity contribution in [1.29, 1.82) is 0 Å². The quantitative estimate of drug-likeness (QED) is 0.0698. The fraction of sp³-hybridized carbons (Fsp3) is 0.395. The summed E-state index contributed by atoms with van der Waals surface area (Å²) in [4.78, 5) is 39.0. The molecule has 0 radical (unpaired) electrons. The average molecular weight is 856 g/mol. The first-order valence-electron chi connectivity index (χ1n) is 20.2. The van der Waals surface area contributed by atoms with Gasteiger partial charge in [-0.3, -0.25) is 35.2 Å². The van der Waals surface area contributed by atoms with Crippen molar-refractivity contribution in [2.24, 2.45) is 0 Å². The van der Waals surface area contributed by atoms with Gasteiger partial charge in [0.25, 0.3) is 17.1 Å². The maximum absolute atomic E-state index is 11.5. The third kappa shape index (κ3) is 11.8. The molecule has 1 aliphatic heterocycles. The molecule has 310 valence electrons. The zero-order valence-electron chi connectivity index (χ0n) is 32.8. The van der Waals surface area contributed by atoms with Crippen LogP contribution in [0.2, 0.25) is 0 Å². The molecule has 1 saturated heterocycles. The van der Waals surface area contributed by atoms with Crippen LogP contribution in [0.4, 0.5) is 22.7 Å². The number of benzene rings is 4. The molecule has 0 bridgehead atoms. The monoisotopic (exact) mass is 855 g/mol. The molecular weight excluding hydrogens is 807 g/mol. The van der Waals surface area contributed by atoms with E-state index in [1.54, 1.807) is 12.1 Å². The van der Waals surface area contributed by atoms with Crippen LogP contribution in [0.1, 0.15) is 81.4 Å². The van der Waals surface area contributed by atoms with Gasteiger partial charge in [0, 0.05) is 62.1 Å². The molecule has 2 aliphatic carbocycles. The summed E-state index contributed by atoms with van der Waals surface area (Å²) in [6, 6.07) is 32.3. The van der Waals surface area contributed by atoms with Gasteiger partial charge in [-0.15, -0.1) is 0 Å². The summed E-state index contributed by atoms with van der Waals surface area (Å²) in [6.45, 7) is 3.40. The minimum absolute atomic E-state index is 0.0675. The lowest BCUT2D eigenvalue weighted by Crippen LogP contribution is -2.50. The Balaban J connectivity index is 0.000000199. The fourth-order valence-corrected chi connectivity index (χ4v) is 10.1. The first-order chi connectivity index (χ1) is 28.6. The van der Waals surface area contributed by atoms with Crippen LogP contribution in [-0.4, -0.2) is 77.2 Å². The first kappa shape index (κ1) is 43.5. The lowest BCUT2D eigenvalue weighted by molar-refractivity contribution is -0.396. The molecule has 3 fully saturated rings. The number of thioether (sulfide) groups is 1. The molecule has 0 amide bonds. The number of nitro groups is 3. The molecule has 0 atom stereocenters. The number of non-ortho nitro benzene ring substituents is 2. The number of nitrogens with zero attached hydrogens (tertiary/aromatic N) is 6. The molecule has 0 aromatic heterocycles. The van der Waals surface area contributed by atoms with Gasteiger partial charge in [0.05, 0.1) is 31.8 Å². The van der Waals surface area contributed by atoms with Gasteiger partial charge in [0.15, 0.2) is 5.11 Å². The van der Waals surface area contributed by atoms with E-state index in [2.05, 4.69) is 68.5 Å². The van der Waals surface area contributed by atoms with Crippen LogP contribution in [0.3, 0.4) is 0 Å². The Morgan fingerprint density at radius 3 is 1.61 bits per heavy atom. The number of nitrogens with one attached hydrogen (secondary N) is 1. The molecule has 0 spiro atoms. The van der Waals surface area contributed by atoms with Crippen LogP contribution in [0, 0.1) is 30.3 Å². The second-order valence-electron chi connectivity index (χ2n) is 15.0. The second kappa shape index (κ2) is 21.3. The molecule has 16 heteroatoms. The summed E-state index contributed by atoms with van der Waals surface area (Å²) >= 11 is 12.6. The Morgan fingerprint density at radius 2 is 1.14 bits per heavy atom. The van der Waals surface area contributed by atoms with E-state index < -0.39 is 14.8 Å². The van der Waals surface area contributed by atoms with Crippen LogP contribution in [0.25, 0.3) is 0 Å². The molecule has 13 nitrogen and oxygen atoms in total. The topological polar surface area (TPSA) is 151 Å². The summed E-state index contributed by atoms with van der Waals surface area (Å²) in [5.41, 5.74) is 2.86. The van der Waals surface area contributed by atoms with E-state index in [1.165, 1.54) is 85.7 Å². The minimum Gasteiger partial charge on any atom is -0.351 e. The lowest BCUT2D eigenvalue weighted by atomic mass is 9.89. The van der Waals surface area contributed by atoms with Crippen LogP contribution < -0.4 is 5.32 Å². The normalized spacial score (nSPS) is 16.4. The Kier molecular flexibility index (Phi) is 15.7. The highest BCUT2D eigenvalue weighted by Gasteiger charge is 2.33. The zero-order valence-corrected chi connectivity index (χ0v) is 35.3. The molecule has 1 heterocycles. The van der Waals surface area contributed by atoms with E-state index in [9.17, 15) is 30.3 Å². The van der Waals surface area contributed by atoms with Crippen LogP contribution in [0.5, 0.6) is 0 Å². The molecular formula is C43H49N7O6S3. The van der Waals surface area contributed by atoms with Gasteiger partial charge in [-0.2, -0.15) is 0 Å². The molecule has 3 aliphatic rings.